The van der Waals surface area contributed by atoms with Crippen LogP contribution >= 0.6 is 11.3 Å². The summed E-state index contributed by atoms with van der Waals surface area (Å²) < 4.78 is 30.2. The zero-order valence-corrected chi connectivity index (χ0v) is 15.1. The molecule has 9 heteroatoms. The van der Waals surface area contributed by atoms with E-state index in [0.29, 0.717) is 10.7 Å². The van der Waals surface area contributed by atoms with Gasteiger partial charge < -0.3 is 9.84 Å². The Morgan fingerprint density at radius 1 is 1.16 bits per heavy atom. The Bertz CT molecular complexity index is 1000. The molecule has 7 nitrogen and oxygen atoms in total. The summed E-state index contributed by atoms with van der Waals surface area (Å²) >= 11 is 0.921. The van der Waals surface area contributed by atoms with E-state index >= 15 is 0 Å². The summed E-state index contributed by atoms with van der Waals surface area (Å²) in [6.07, 6.45) is 0. The van der Waals surface area contributed by atoms with Gasteiger partial charge in [0.05, 0.1) is 16.3 Å². The van der Waals surface area contributed by atoms with Crippen LogP contribution in [0.15, 0.2) is 50.0 Å². The van der Waals surface area contributed by atoms with Gasteiger partial charge in [0.1, 0.15) is 4.21 Å². The molecule has 0 atom stereocenters. The van der Waals surface area contributed by atoms with E-state index < -0.39 is 15.7 Å². The van der Waals surface area contributed by atoms with E-state index in [1.54, 1.807) is 31.2 Å². The molecular formula is C16H15N3O4S2. The number of hydrogen-bond donors (Lipinski definition) is 1. The highest BCUT2D eigenvalue weighted by Gasteiger charge is 2.21. The summed E-state index contributed by atoms with van der Waals surface area (Å²) in [4.78, 5) is 16.6. The first-order valence-electron chi connectivity index (χ1n) is 7.35. The number of hydrogen-bond acceptors (Lipinski definition) is 7. The number of carbonyl (C=O) groups excluding carboxylic acids is 1. The van der Waals surface area contributed by atoms with Crippen molar-refractivity contribution in [1.82, 2.24) is 15.5 Å². The molecule has 0 radical (unpaired) electrons. The molecule has 1 N–H and O–H groups in total. The molecule has 1 amide bonds. The zero-order chi connectivity index (χ0) is 18.0. The third-order valence-electron chi connectivity index (χ3n) is 3.37. The molecular weight excluding hydrogens is 362 g/mol. The van der Waals surface area contributed by atoms with Gasteiger partial charge in [0.15, 0.2) is 5.82 Å². The van der Waals surface area contributed by atoms with Crippen molar-refractivity contribution in [3.63, 3.8) is 0 Å². The number of rotatable bonds is 5. The van der Waals surface area contributed by atoms with Gasteiger partial charge in [0.2, 0.25) is 15.7 Å². The third-order valence-corrected chi connectivity index (χ3v) is 6.72. The molecule has 0 bridgehead atoms. The molecule has 25 heavy (non-hydrogen) atoms. The summed E-state index contributed by atoms with van der Waals surface area (Å²) in [6, 6.07) is 9.51. The molecule has 0 fully saturated rings. The highest BCUT2D eigenvalue weighted by molar-refractivity contribution is 7.93. The number of thiophene rings is 1. The summed E-state index contributed by atoms with van der Waals surface area (Å²) in [5.41, 5.74) is 0.974. The van der Waals surface area contributed by atoms with Crippen LogP contribution < -0.4 is 5.32 Å². The lowest BCUT2D eigenvalue weighted by Crippen LogP contribution is -2.21. The van der Waals surface area contributed by atoms with Gasteiger partial charge in [0.25, 0.3) is 5.91 Å². The fourth-order valence-electron chi connectivity index (χ4n) is 2.08. The first-order valence-corrected chi connectivity index (χ1v) is 9.65. The minimum Gasteiger partial charge on any atom is -0.342 e. The van der Waals surface area contributed by atoms with Crippen molar-refractivity contribution in [2.24, 2.45) is 0 Å². The number of nitrogens with one attached hydrogen (secondary N) is 1. The highest BCUT2D eigenvalue weighted by atomic mass is 32.2. The maximum Gasteiger partial charge on any atom is 0.261 e. The van der Waals surface area contributed by atoms with E-state index in [4.69, 9.17) is 4.52 Å². The Morgan fingerprint density at radius 2 is 1.88 bits per heavy atom. The number of aryl methyl sites for hydroxylation is 2. The largest absolute Gasteiger partial charge is 0.342 e. The van der Waals surface area contributed by atoms with Gasteiger partial charge in [-0.3, -0.25) is 4.79 Å². The van der Waals surface area contributed by atoms with E-state index in [0.717, 1.165) is 16.9 Å². The normalized spacial score (nSPS) is 11.4. The molecule has 0 aliphatic rings. The van der Waals surface area contributed by atoms with Crippen LogP contribution in [-0.4, -0.2) is 24.5 Å². The topological polar surface area (TPSA) is 102 Å². The molecule has 0 saturated heterocycles. The lowest BCUT2D eigenvalue weighted by molar-refractivity contribution is 0.0950. The van der Waals surface area contributed by atoms with Crippen molar-refractivity contribution >= 4 is 27.1 Å². The molecule has 0 saturated carbocycles. The first-order chi connectivity index (χ1) is 11.9. The van der Waals surface area contributed by atoms with Gasteiger partial charge >= 0.3 is 0 Å². The molecule has 1 aromatic carbocycles. The van der Waals surface area contributed by atoms with Gasteiger partial charge in [-0.2, -0.15) is 4.98 Å². The van der Waals surface area contributed by atoms with E-state index in [2.05, 4.69) is 15.5 Å². The Balaban J connectivity index is 1.75. The quantitative estimate of drug-likeness (QED) is 0.733. The number of amides is 1. The lowest BCUT2D eigenvalue weighted by atomic mass is 10.2. The van der Waals surface area contributed by atoms with Gasteiger partial charge in [-0.05, 0) is 38.1 Å². The SMILES string of the molecule is Cc1ccc(S(=O)(=O)c2ccc(C(=O)NCc3nc(C)no3)s2)cc1. The molecule has 0 aliphatic carbocycles. The van der Waals surface area contributed by atoms with Gasteiger partial charge in [0, 0.05) is 0 Å². The predicted octanol–water partition coefficient (Wildman–Crippen LogP) is 2.51. The summed E-state index contributed by atoms with van der Waals surface area (Å²) in [7, 11) is -3.63. The van der Waals surface area contributed by atoms with E-state index in [1.807, 2.05) is 6.92 Å². The highest BCUT2D eigenvalue weighted by Crippen LogP contribution is 2.28. The van der Waals surface area contributed by atoms with Crippen LogP contribution in [0.1, 0.15) is 27.0 Å². The molecule has 3 aromatic rings. The number of benzene rings is 1. The van der Waals surface area contributed by atoms with E-state index in [-0.39, 0.29) is 21.5 Å². The molecule has 130 valence electrons. The third kappa shape index (κ3) is 3.77. The van der Waals surface area contributed by atoms with E-state index in [9.17, 15) is 13.2 Å². The molecule has 2 aromatic heterocycles. The molecule has 0 spiro atoms. The minimum atomic E-state index is -3.63. The zero-order valence-electron chi connectivity index (χ0n) is 13.5. The first kappa shape index (κ1) is 17.3. The Labute approximate surface area is 148 Å². The fraction of sp³-hybridized carbons (Fsp3) is 0.188. The van der Waals surface area contributed by atoms with Crippen LogP contribution in [-0.2, 0) is 16.4 Å². The van der Waals surface area contributed by atoms with Crippen molar-refractivity contribution in [2.75, 3.05) is 0 Å². The van der Waals surface area contributed by atoms with E-state index in [1.165, 1.54) is 12.1 Å². The Hall–Kier alpha value is -2.52. The molecule has 0 unspecified atom stereocenters. The summed E-state index contributed by atoms with van der Waals surface area (Å²) in [6.45, 7) is 3.64. The maximum absolute atomic E-state index is 12.6. The van der Waals surface area contributed by atoms with Crippen LogP contribution in [0, 0.1) is 13.8 Å². The number of aromatic nitrogens is 2. The predicted molar refractivity (Wildman–Crippen MR) is 91.2 cm³/mol. The van der Waals surface area contributed by atoms with Crippen molar-refractivity contribution in [2.45, 2.75) is 29.5 Å². The summed E-state index contributed by atoms with van der Waals surface area (Å²) in [5.74, 6) is 0.368. The van der Waals surface area contributed by atoms with Crippen LogP contribution in [0.3, 0.4) is 0 Å². The standard InChI is InChI=1S/C16H15N3O4S2/c1-10-3-5-12(6-4-10)25(21,22)15-8-7-13(24-15)16(20)17-9-14-18-11(2)19-23-14/h3-8H,9H2,1-2H3,(H,17,20). The molecule has 2 heterocycles. The van der Waals surface area contributed by atoms with Gasteiger partial charge in [-0.15, -0.1) is 11.3 Å². The number of carbonyl (C=O) groups is 1. The second-order valence-electron chi connectivity index (χ2n) is 5.35. The van der Waals surface area contributed by atoms with Crippen molar-refractivity contribution < 1.29 is 17.7 Å². The summed E-state index contributed by atoms with van der Waals surface area (Å²) in [5, 5.41) is 6.25. The monoisotopic (exact) mass is 377 g/mol. The Morgan fingerprint density at radius 3 is 2.52 bits per heavy atom. The van der Waals surface area contributed by atoms with Crippen LogP contribution in [0.2, 0.25) is 0 Å². The van der Waals surface area contributed by atoms with Crippen LogP contribution in [0.5, 0.6) is 0 Å². The van der Waals surface area contributed by atoms with Crippen molar-refractivity contribution in [1.29, 1.82) is 0 Å². The fourth-order valence-corrected chi connectivity index (χ4v) is 4.70. The average molecular weight is 377 g/mol. The van der Waals surface area contributed by atoms with Crippen molar-refractivity contribution in [3.05, 3.63) is 58.6 Å². The average Bonchev–Trinajstić information content (AvgIpc) is 3.22. The number of sulfone groups is 1. The van der Waals surface area contributed by atoms with Crippen molar-refractivity contribution in [3.8, 4) is 0 Å². The second-order valence-corrected chi connectivity index (χ2v) is 8.61. The Kier molecular flexibility index (Phi) is 4.69. The second kappa shape index (κ2) is 6.77. The van der Waals surface area contributed by atoms with Crippen LogP contribution in [0.4, 0.5) is 0 Å². The smallest absolute Gasteiger partial charge is 0.261 e. The van der Waals surface area contributed by atoms with Crippen LogP contribution in [0.25, 0.3) is 0 Å². The van der Waals surface area contributed by atoms with Gasteiger partial charge in [-0.25, -0.2) is 8.42 Å². The number of nitrogens with zero attached hydrogens (tertiary/aromatic N) is 2. The molecule has 0 aliphatic heterocycles. The lowest BCUT2D eigenvalue weighted by Gasteiger charge is -2.02. The van der Waals surface area contributed by atoms with Gasteiger partial charge in [-0.1, -0.05) is 22.9 Å². The maximum atomic E-state index is 12.6. The molecule has 3 rings (SSSR count). The minimum absolute atomic E-state index is 0.0810.